The van der Waals surface area contributed by atoms with E-state index in [1.807, 2.05) is 42.5 Å². The van der Waals surface area contributed by atoms with Crippen LogP contribution in [-0.2, 0) is 17.9 Å². The van der Waals surface area contributed by atoms with Gasteiger partial charge in [-0.1, -0.05) is 59.8 Å². The minimum absolute atomic E-state index is 0.0225. The van der Waals surface area contributed by atoms with Gasteiger partial charge >= 0.3 is 0 Å². The summed E-state index contributed by atoms with van der Waals surface area (Å²) in [5.41, 5.74) is 10.8. The summed E-state index contributed by atoms with van der Waals surface area (Å²) in [5, 5.41) is 22.1. The number of nitrogens with one attached hydrogen (secondary N) is 1. The number of carbonyl (C=O) groups excluding carboxylic acids is 1. The minimum Gasteiger partial charge on any atom is -0.489 e. The zero-order chi connectivity index (χ0) is 28.0. The Bertz CT molecular complexity index is 1690. The van der Waals surface area contributed by atoms with Gasteiger partial charge in [0, 0.05) is 19.6 Å². The van der Waals surface area contributed by atoms with Crippen molar-refractivity contribution in [1.82, 2.24) is 35.6 Å². The molecule has 6 rings (SSSR count). The number of hydrogen-bond acceptors (Lipinski definition) is 11. The molecule has 3 N–H and O–H groups in total. The Morgan fingerprint density at radius 1 is 1.07 bits per heavy atom. The first-order chi connectivity index (χ1) is 20.2. The third-order valence-corrected chi connectivity index (χ3v) is 6.64. The van der Waals surface area contributed by atoms with E-state index in [-0.39, 0.29) is 17.3 Å². The van der Waals surface area contributed by atoms with Crippen LogP contribution in [0.15, 0.2) is 76.5 Å². The topological polar surface area (TPSA) is 159 Å². The van der Waals surface area contributed by atoms with Gasteiger partial charge in [0.25, 0.3) is 5.91 Å². The van der Waals surface area contributed by atoms with Gasteiger partial charge in [-0.25, -0.2) is 10.1 Å². The summed E-state index contributed by atoms with van der Waals surface area (Å²) in [6.07, 6.45) is 1.53. The summed E-state index contributed by atoms with van der Waals surface area (Å²) in [6.45, 7) is 3.42. The van der Waals surface area contributed by atoms with Crippen LogP contribution in [0.2, 0.25) is 0 Å². The normalized spacial score (nSPS) is 14.0. The standard InChI is InChI=1S/C28H27N9O4/c29-26-27(34-41-33-26)37-25(24(31-35-37)17-36-11-13-39-14-12-36)28(38)32-30-16-19-5-3-9-22(15-19)40-18-21-8-4-7-20-6-1-2-10-23(20)21/h1-10,15-16H,11-14,17-18H2,(H2,29,33)(H,32,38)/b30-16+. The van der Waals surface area contributed by atoms with Crippen molar-refractivity contribution in [2.24, 2.45) is 5.10 Å². The molecule has 2 aromatic heterocycles. The van der Waals surface area contributed by atoms with Crippen LogP contribution in [0.5, 0.6) is 5.75 Å². The lowest BCUT2D eigenvalue weighted by molar-refractivity contribution is 0.0335. The molecule has 0 spiro atoms. The molecule has 41 heavy (non-hydrogen) atoms. The molecule has 1 saturated heterocycles. The highest BCUT2D eigenvalue weighted by molar-refractivity contribution is 5.95. The van der Waals surface area contributed by atoms with Crippen molar-refractivity contribution in [2.75, 3.05) is 32.0 Å². The number of benzene rings is 3. The van der Waals surface area contributed by atoms with Crippen LogP contribution < -0.4 is 15.9 Å². The van der Waals surface area contributed by atoms with Crippen LogP contribution in [0.25, 0.3) is 16.6 Å². The molecule has 1 aliphatic rings. The van der Waals surface area contributed by atoms with Gasteiger partial charge in [0.2, 0.25) is 11.6 Å². The van der Waals surface area contributed by atoms with Crippen LogP contribution >= 0.6 is 0 Å². The summed E-state index contributed by atoms with van der Waals surface area (Å²) in [6, 6.07) is 21.8. The third kappa shape index (κ3) is 5.90. The minimum atomic E-state index is -0.541. The number of aromatic nitrogens is 5. The molecule has 3 aromatic carbocycles. The van der Waals surface area contributed by atoms with Crippen LogP contribution in [-0.4, -0.2) is 68.6 Å². The van der Waals surface area contributed by atoms with Crippen molar-refractivity contribution in [3.8, 4) is 11.6 Å². The van der Waals surface area contributed by atoms with Gasteiger partial charge in [-0.3, -0.25) is 9.69 Å². The molecule has 13 heteroatoms. The average molecular weight is 554 g/mol. The molecule has 0 atom stereocenters. The average Bonchev–Trinajstić information content (AvgIpc) is 3.62. The van der Waals surface area contributed by atoms with Gasteiger partial charge in [0.1, 0.15) is 18.1 Å². The molecule has 0 bridgehead atoms. The SMILES string of the molecule is Nc1nonc1-n1nnc(CN2CCOCC2)c1C(=O)N/N=C/c1cccc(OCc2cccc3ccccc23)c1. The Kier molecular flexibility index (Phi) is 7.60. The van der Waals surface area contributed by atoms with Crippen LogP contribution in [0, 0.1) is 0 Å². The van der Waals surface area contributed by atoms with E-state index in [0.717, 1.165) is 21.9 Å². The first-order valence-electron chi connectivity index (χ1n) is 13.0. The number of nitrogens with two attached hydrogens (primary N) is 1. The Labute approximate surface area is 234 Å². The Morgan fingerprint density at radius 2 is 1.90 bits per heavy atom. The number of morpholine rings is 1. The van der Waals surface area contributed by atoms with Crippen LogP contribution in [0.4, 0.5) is 5.82 Å². The second-order valence-corrected chi connectivity index (χ2v) is 9.36. The van der Waals surface area contributed by atoms with Gasteiger partial charge in [-0.15, -0.1) is 5.10 Å². The van der Waals surface area contributed by atoms with Gasteiger partial charge in [0.15, 0.2) is 5.69 Å². The first kappa shape index (κ1) is 26.1. The number of nitrogen functional groups attached to an aromatic ring is 1. The maximum Gasteiger partial charge on any atom is 0.292 e. The molecule has 5 aromatic rings. The number of anilines is 1. The highest BCUT2D eigenvalue weighted by Crippen LogP contribution is 2.21. The van der Waals surface area contributed by atoms with Gasteiger partial charge in [-0.2, -0.15) is 9.78 Å². The number of carbonyl (C=O) groups is 1. The van der Waals surface area contributed by atoms with E-state index in [2.05, 4.69) is 60.3 Å². The predicted octanol–water partition coefficient (Wildman–Crippen LogP) is 2.56. The Morgan fingerprint density at radius 3 is 2.76 bits per heavy atom. The van der Waals surface area contributed by atoms with E-state index in [0.29, 0.717) is 50.9 Å². The number of amides is 1. The number of fused-ring (bicyclic) bond motifs is 1. The maximum atomic E-state index is 13.3. The van der Waals surface area contributed by atoms with Crippen molar-refractivity contribution >= 4 is 28.7 Å². The fourth-order valence-corrected chi connectivity index (χ4v) is 4.59. The fraction of sp³-hybridized carbons (Fsp3) is 0.214. The zero-order valence-electron chi connectivity index (χ0n) is 22.0. The van der Waals surface area contributed by atoms with Crippen molar-refractivity contribution in [3.05, 3.63) is 89.2 Å². The summed E-state index contributed by atoms with van der Waals surface area (Å²) < 4.78 is 17.4. The second-order valence-electron chi connectivity index (χ2n) is 9.36. The molecule has 0 aliphatic carbocycles. The number of rotatable bonds is 9. The maximum absolute atomic E-state index is 13.3. The van der Waals surface area contributed by atoms with E-state index in [4.69, 9.17) is 19.8 Å². The number of hydrazone groups is 1. The second kappa shape index (κ2) is 11.9. The fourth-order valence-electron chi connectivity index (χ4n) is 4.59. The van der Waals surface area contributed by atoms with E-state index in [1.54, 1.807) is 0 Å². The Hall–Kier alpha value is -5.14. The quantitative estimate of drug-likeness (QED) is 0.205. The van der Waals surface area contributed by atoms with Gasteiger partial charge in [0.05, 0.1) is 19.4 Å². The van der Waals surface area contributed by atoms with E-state index in [9.17, 15) is 4.79 Å². The lowest BCUT2D eigenvalue weighted by Crippen LogP contribution is -2.36. The monoisotopic (exact) mass is 553 g/mol. The van der Waals surface area contributed by atoms with Crippen molar-refractivity contribution in [3.63, 3.8) is 0 Å². The van der Waals surface area contributed by atoms with E-state index < -0.39 is 5.91 Å². The van der Waals surface area contributed by atoms with E-state index in [1.165, 1.54) is 10.9 Å². The molecule has 0 unspecified atom stereocenters. The van der Waals surface area contributed by atoms with Crippen molar-refractivity contribution in [2.45, 2.75) is 13.2 Å². The molecule has 3 heterocycles. The van der Waals surface area contributed by atoms with Crippen molar-refractivity contribution < 1.29 is 18.9 Å². The molecule has 208 valence electrons. The predicted molar refractivity (Wildman–Crippen MR) is 150 cm³/mol. The number of hydrogen-bond donors (Lipinski definition) is 2. The summed E-state index contributed by atoms with van der Waals surface area (Å²) in [7, 11) is 0. The molecule has 13 nitrogen and oxygen atoms in total. The number of nitrogens with zero attached hydrogens (tertiary/aromatic N) is 7. The third-order valence-electron chi connectivity index (χ3n) is 6.64. The largest absolute Gasteiger partial charge is 0.489 e. The highest BCUT2D eigenvalue weighted by atomic mass is 16.6. The molecule has 1 aliphatic heterocycles. The molecule has 0 saturated carbocycles. The van der Waals surface area contributed by atoms with Gasteiger partial charge < -0.3 is 15.2 Å². The van der Waals surface area contributed by atoms with Crippen LogP contribution in [0.3, 0.4) is 0 Å². The van der Waals surface area contributed by atoms with Crippen molar-refractivity contribution in [1.29, 1.82) is 0 Å². The first-order valence-corrected chi connectivity index (χ1v) is 13.0. The summed E-state index contributed by atoms with van der Waals surface area (Å²) >= 11 is 0. The smallest absolute Gasteiger partial charge is 0.292 e. The molecule has 0 radical (unpaired) electrons. The lowest BCUT2D eigenvalue weighted by atomic mass is 10.1. The summed E-state index contributed by atoms with van der Waals surface area (Å²) in [5.74, 6) is 0.180. The molecular formula is C28H27N9O4. The zero-order valence-corrected chi connectivity index (χ0v) is 22.0. The highest BCUT2D eigenvalue weighted by Gasteiger charge is 2.26. The van der Waals surface area contributed by atoms with E-state index >= 15 is 0 Å². The van der Waals surface area contributed by atoms with Gasteiger partial charge in [-0.05, 0) is 44.3 Å². The molecule has 1 amide bonds. The Balaban J connectivity index is 1.16. The van der Waals surface area contributed by atoms with Crippen LogP contribution in [0.1, 0.15) is 27.3 Å². The summed E-state index contributed by atoms with van der Waals surface area (Å²) in [4.78, 5) is 15.4. The lowest BCUT2D eigenvalue weighted by Gasteiger charge is -2.25. The number of ether oxygens (including phenoxy) is 2. The molecule has 1 fully saturated rings. The molecular weight excluding hydrogens is 526 g/mol.